The molecule has 1 N–H and O–H groups in total. The third kappa shape index (κ3) is 2.27. The number of ether oxygens (including phenoxy) is 1. The Morgan fingerprint density at radius 2 is 2.22 bits per heavy atom. The molecule has 3 atom stereocenters. The van der Waals surface area contributed by atoms with E-state index in [9.17, 15) is 0 Å². The third-order valence-electron chi connectivity index (χ3n) is 3.73. The predicted molar refractivity (Wildman–Crippen MR) is 66.0 cm³/mol. The number of tetrazole rings is 1. The summed E-state index contributed by atoms with van der Waals surface area (Å²) < 4.78 is 7.83. The van der Waals surface area contributed by atoms with Crippen molar-refractivity contribution in [3.8, 4) is 0 Å². The van der Waals surface area contributed by atoms with Crippen LogP contribution in [-0.4, -0.2) is 38.0 Å². The van der Waals surface area contributed by atoms with E-state index in [0.29, 0.717) is 24.8 Å². The number of nitrogens with zero attached hydrogens (tertiary/aromatic N) is 4. The lowest BCUT2D eigenvalue weighted by molar-refractivity contribution is 0.0914. The van der Waals surface area contributed by atoms with Crippen molar-refractivity contribution < 1.29 is 4.74 Å². The van der Waals surface area contributed by atoms with E-state index in [2.05, 4.69) is 41.6 Å². The van der Waals surface area contributed by atoms with Crippen LogP contribution in [0.15, 0.2) is 0 Å². The molecule has 0 amide bonds. The summed E-state index contributed by atoms with van der Waals surface area (Å²) in [7, 11) is 0. The molecule has 0 aromatic carbocycles. The zero-order valence-electron chi connectivity index (χ0n) is 11.3. The van der Waals surface area contributed by atoms with Gasteiger partial charge in [0.1, 0.15) is 0 Å². The summed E-state index contributed by atoms with van der Waals surface area (Å²) in [6.07, 6.45) is 4.12. The van der Waals surface area contributed by atoms with Gasteiger partial charge in [0.15, 0.2) is 5.82 Å². The summed E-state index contributed by atoms with van der Waals surface area (Å²) in [5.74, 6) is 0.908. The van der Waals surface area contributed by atoms with E-state index in [1.54, 1.807) is 0 Å². The molecule has 2 aliphatic rings. The molecule has 2 aliphatic heterocycles. The summed E-state index contributed by atoms with van der Waals surface area (Å²) in [6, 6.07) is 0.329. The lowest BCUT2D eigenvalue weighted by Crippen LogP contribution is -2.36. The molecule has 2 bridgehead atoms. The Hall–Kier alpha value is -1.01. The number of hydrogen-bond donors (Lipinski definition) is 1. The molecule has 0 spiro atoms. The first kappa shape index (κ1) is 12.0. The van der Waals surface area contributed by atoms with E-state index >= 15 is 0 Å². The highest BCUT2D eigenvalue weighted by molar-refractivity contribution is 4.96. The fourth-order valence-corrected chi connectivity index (χ4v) is 2.80. The average molecular weight is 251 g/mol. The van der Waals surface area contributed by atoms with Gasteiger partial charge in [0.05, 0.1) is 24.8 Å². The van der Waals surface area contributed by atoms with Crippen LogP contribution in [0.3, 0.4) is 0 Å². The Labute approximate surface area is 107 Å². The maximum absolute atomic E-state index is 5.87. The van der Waals surface area contributed by atoms with Crippen LogP contribution in [0.1, 0.15) is 51.9 Å². The highest BCUT2D eigenvalue weighted by Crippen LogP contribution is 2.41. The quantitative estimate of drug-likeness (QED) is 0.870. The molecule has 6 heteroatoms. The standard InChI is InChI=1S/C12H21N5O/c1-12(2,3)13-7-11-14-15-16-17(11)9-6-8-4-5-10(9)18-8/h8-10,13H,4-7H2,1-3H3. The van der Waals surface area contributed by atoms with Gasteiger partial charge in [0, 0.05) is 5.54 Å². The van der Waals surface area contributed by atoms with Crippen molar-refractivity contribution in [1.29, 1.82) is 0 Å². The first-order valence-electron chi connectivity index (χ1n) is 6.70. The van der Waals surface area contributed by atoms with Gasteiger partial charge in [-0.1, -0.05) is 0 Å². The summed E-state index contributed by atoms with van der Waals surface area (Å²) in [6.45, 7) is 7.12. The van der Waals surface area contributed by atoms with Crippen LogP contribution < -0.4 is 5.32 Å². The van der Waals surface area contributed by atoms with Crippen molar-refractivity contribution in [2.24, 2.45) is 0 Å². The molecule has 0 aliphatic carbocycles. The van der Waals surface area contributed by atoms with Crippen LogP contribution in [-0.2, 0) is 11.3 Å². The molecule has 18 heavy (non-hydrogen) atoms. The molecule has 3 heterocycles. The van der Waals surface area contributed by atoms with Crippen molar-refractivity contribution >= 4 is 0 Å². The minimum absolute atomic E-state index is 0.0714. The lowest BCUT2D eigenvalue weighted by atomic mass is 9.95. The van der Waals surface area contributed by atoms with Gasteiger partial charge in [-0.2, -0.15) is 0 Å². The highest BCUT2D eigenvalue weighted by Gasteiger charge is 2.43. The van der Waals surface area contributed by atoms with Crippen LogP contribution in [0.2, 0.25) is 0 Å². The zero-order valence-corrected chi connectivity index (χ0v) is 11.3. The molecule has 2 saturated heterocycles. The Kier molecular flexibility index (Phi) is 2.86. The molecular weight excluding hydrogens is 230 g/mol. The summed E-state index contributed by atoms with van der Waals surface area (Å²) >= 11 is 0. The van der Waals surface area contributed by atoms with E-state index in [1.165, 1.54) is 6.42 Å². The lowest BCUT2D eigenvalue weighted by Gasteiger charge is -2.22. The maximum Gasteiger partial charge on any atom is 0.165 e. The molecule has 3 unspecified atom stereocenters. The summed E-state index contributed by atoms with van der Waals surface area (Å²) in [5.41, 5.74) is 0.0714. The van der Waals surface area contributed by atoms with Gasteiger partial charge in [-0.25, -0.2) is 4.68 Å². The van der Waals surface area contributed by atoms with Crippen molar-refractivity contribution in [2.75, 3.05) is 0 Å². The Balaban J connectivity index is 1.72. The smallest absolute Gasteiger partial charge is 0.165 e. The normalized spacial score (nSPS) is 31.2. The summed E-state index contributed by atoms with van der Waals surface area (Å²) in [4.78, 5) is 0. The molecule has 100 valence electrons. The highest BCUT2D eigenvalue weighted by atomic mass is 16.5. The molecule has 0 saturated carbocycles. The predicted octanol–water partition coefficient (Wildman–Crippen LogP) is 1.05. The van der Waals surface area contributed by atoms with E-state index in [4.69, 9.17) is 4.74 Å². The fraction of sp³-hybridized carbons (Fsp3) is 0.917. The SMILES string of the molecule is CC(C)(C)NCc1nnnn1C1CC2CCC1O2. The fourth-order valence-electron chi connectivity index (χ4n) is 2.80. The molecular formula is C12H21N5O. The number of fused-ring (bicyclic) bond motifs is 2. The molecule has 0 radical (unpaired) electrons. The molecule has 6 nitrogen and oxygen atoms in total. The number of nitrogens with one attached hydrogen (secondary N) is 1. The Morgan fingerprint density at radius 3 is 2.83 bits per heavy atom. The van der Waals surface area contributed by atoms with Gasteiger partial charge in [-0.05, 0) is 50.5 Å². The third-order valence-corrected chi connectivity index (χ3v) is 3.73. The van der Waals surface area contributed by atoms with Gasteiger partial charge < -0.3 is 10.1 Å². The van der Waals surface area contributed by atoms with E-state index in [-0.39, 0.29) is 5.54 Å². The van der Waals surface area contributed by atoms with Crippen molar-refractivity contribution in [3.63, 3.8) is 0 Å². The van der Waals surface area contributed by atoms with Crippen molar-refractivity contribution in [3.05, 3.63) is 5.82 Å². The second-order valence-electron chi connectivity index (χ2n) is 6.32. The van der Waals surface area contributed by atoms with Gasteiger partial charge >= 0.3 is 0 Å². The van der Waals surface area contributed by atoms with Gasteiger partial charge in [0.25, 0.3) is 0 Å². The van der Waals surface area contributed by atoms with Crippen LogP contribution in [0.4, 0.5) is 0 Å². The first-order valence-corrected chi connectivity index (χ1v) is 6.70. The monoisotopic (exact) mass is 251 g/mol. The van der Waals surface area contributed by atoms with Crippen molar-refractivity contribution in [2.45, 2.75) is 70.4 Å². The zero-order chi connectivity index (χ0) is 12.8. The minimum atomic E-state index is 0.0714. The van der Waals surface area contributed by atoms with Gasteiger partial charge in [0.2, 0.25) is 0 Å². The van der Waals surface area contributed by atoms with Crippen LogP contribution >= 0.6 is 0 Å². The largest absolute Gasteiger partial charge is 0.373 e. The number of hydrogen-bond acceptors (Lipinski definition) is 5. The molecule has 3 rings (SSSR count). The van der Waals surface area contributed by atoms with E-state index in [0.717, 1.165) is 18.7 Å². The average Bonchev–Trinajstić information content (AvgIpc) is 3.00. The van der Waals surface area contributed by atoms with Gasteiger partial charge in [-0.3, -0.25) is 0 Å². The second kappa shape index (κ2) is 4.28. The van der Waals surface area contributed by atoms with Crippen LogP contribution in [0.25, 0.3) is 0 Å². The van der Waals surface area contributed by atoms with E-state index < -0.39 is 0 Å². The number of aromatic nitrogens is 4. The number of rotatable bonds is 3. The van der Waals surface area contributed by atoms with Crippen LogP contribution in [0.5, 0.6) is 0 Å². The Bertz CT molecular complexity index is 424. The molecule has 2 fully saturated rings. The first-order chi connectivity index (χ1) is 8.53. The Morgan fingerprint density at radius 1 is 1.39 bits per heavy atom. The van der Waals surface area contributed by atoms with Crippen molar-refractivity contribution in [1.82, 2.24) is 25.5 Å². The molecule has 1 aromatic rings. The minimum Gasteiger partial charge on any atom is -0.373 e. The maximum atomic E-state index is 5.87. The second-order valence-corrected chi connectivity index (χ2v) is 6.32. The summed E-state index contributed by atoms with van der Waals surface area (Å²) in [5, 5.41) is 15.5. The van der Waals surface area contributed by atoms with Crippen LogP contribution in [0, 0.1) is 0 Å². The topological polar surface area (TPSA) is 64.9 Å². The molecule has 1 aromatic heterocycles. The van der Waals surface area contributed by atoms with E-state index in [1.807, 2.05) is 4.68 Å². The van der Waals surface area contributed by atoms with Gasteiger partial charge in [-0.15, -0.1) is 5.10 Å².